The number of nitro groups is 1. The first-order chi connectivity index (χ1) is 14.7. The third kappa shape index (κ3) is 4.58. The van der Waals surface area contributed by atoms with Gasteiger partial charge >= 0.3 is 5.97 Å². The summed E-state index contributed by atoms with van der Waals surface area (Å²) in [5, 5.41) is 13.3. The van der Waals surface area contributed by atoms with Crippen LogP contribution in [-0.2, 0) is 16.1 Å². The summed E-state index contributed by atoms with van der Waals surface area (Å²) in [5.41, 5.74) is 2.19. The van der Waals surface area contributed by atoms with Crippen molar-refractivity contribution in [3.63, 3.8) is 0 Å². The predicted octanol–water partition coefficient (Wildman–Crippen LogP) is 2.74. The van der Waals surface area contributed by atoms with Crippen molar-refractivity contribution in [2.45, 2.75) is 27.3 Å². The largest absolute Gasteiger partial charge is 0.452 e. The summed E-state index contributed by atoms with van der Waals surface area (Å²) in [7, 11) is 0. The number of nitro benzene ring substituents is 1. The number of fused-ring (bicyclic) bond motifs is 1. The monoisotopic (exact) mass is 424 g/mol. The van der Waals surface area contributed by atoms with Gasteiger partial charge in [0, 0.05) is 24.4 Å². The first kappa shape index (κ1) is 21.6. The Morgan fingerprint density at radius 1 is 1.19 bits per heavy atom. The van der Waals surface area contributed by atoms with Crippen LogP contribution < -0.4 is 10.9 Å². The van der Waals surface area contributed by atoms with E-state index in [1.807, 2.05) is 6.92 Å². The highest BCUT2D eigenvalue weighted by Gasteiger charge is 2.15. The zero-order chi connectivity index (χ0) is 22.7. The first-order valence-electron chi connectivity index (χ1n) is 9.44. The number of ether oxygens (including phenoxy) is 1. The Hall–Kier alpha value is -4.08. The van der Waals surface area contributed by atoms with Gasteiger partial charge in [-0.25, -0.2) is 9.78 Å². The lowest BCUT2D eigenvalue weighted by Gasteiger charge is -2.11. The molecule has 0 saturated heterocycles. The minimum absolute atomic E-state index is 0.0874. The lowest BCUT2D eigenvalue weighted by molar-refractivity contribution is -0.384. The van der Waals surface area contributed by atoms with Crippen LogP contribution in [0.1, 0.15) is 28.5 Å². The Morgan fingerprint density at radius 2 is 1.94 bits per heavy atom. The lowest BCUT2D eigenvalue weighted by Crippen LogP contribution is -2.23. The second-order valence-electron chi connectivity index (χ2n) is 6.83. The predicted molar refractivity (Wildman–Crippen MR) is 113 cm³/mol. The van der Waals surface area contributed by atoms with Crippen LogP contribution in [0.25, 0.3) is 11.0 Å². The second-order valence-corrected chi connectivity index (χ2v) is 6.83. The molecular formula is C21H20N4O6. The van der Waals surface area contributed by atoms with Gasteiger partial charge in [0.25, 0.3) is 17.2 Å². The molecule has 0 fully saturated rings. The molecule has 2 aromatic carbocycles. The quantitative estimate of drug-likeness (QED) is 0.365. The Morgan fingerprint density at radius 3 is 2.58 bits per heavy atom. The van der Waals surface area contributed by atoms with Crippen LogP contribution in [0.2, 0.25) is 0 Å². The molecule has 1 N–H and O–H groups in total. The zero-order valence-electron chi connectivity index (χ0n) is 17.2. The highest BCUT2D eigenvalue weighted by atomic mass is 16.6. The minimum atomic E-state index is -0.717. The number of nitrogens with one attached hydrogen (secondary N) is 1. The average molecular weight is 424 g/mol. The molecule has 1 aromatic heterocycles. The molecule has 1 heterocycles. The average Bonchev–Trinajstić information content (AvgIpc) is 2.74. The maximum absolute atomic E-state index is 12.4. The summed E-state index contributed by atoms with van der Waals surface area (Å²) in [6.45, 7) is 4.99. The molecule has 10 heteroatoms. The maximum Gasteiger partial charge on any atom is 0.338 e. The maximum atomic E-state index is 12.4. The number of hydrogen-bond acceptors (Lipinski definition) is 7. The van der Waals surface area contributed by atoms with Crippen molar-refractivity contribution >= 4 is 34.3 Å². The number of benzene rings is 2. The molecule has 0 radical (unpaired) electrons. The Bertz CT molecular complexity index is 1260. The molecular weight excluding hydrogens is 404 g/mol. The topological polar surface area (TPSA) is 133 Å². The fraction of sp³-hybridized carbons (Fsp3) is 0.238. The van der Waals surface area contributed by atoms with E-state index in [9.17, 15) is 24.5 Å². The van der Waals surface area contributed by atoms with Crippen LogP contribution in [0.5, 0.6) is 0 Å². The molecule has 3 aromatic rings. The van der Waals surface area contributed by atoms with Gasteiger partial charge < -0.3 is 14.6 Å². The summed E-state index contributed by atoms with van der Waals surface area (Å²) >= 11 is 0. The van der Waals surface area contributed by atoms with Gasteiger partial charge in [-0.1, -0.05) is 0 Å². The number of hydrogen-bond donors (Lipinski definition) is 1. The van der Waals surface area contributed by atoms with E-state index in [-0.39, 0.29) is 16.8 Å². The number of aromatic nitrogens is 2. The van der Waals surface area contributed by atoms with Gasteiger partial charge in [-0.05, 0) is 50.6 Å². The van der Waals surface area contributed by atoms with Gasteiger partial charge in [0.1, 0.15) is 5.69 Å². The highest BCUT2D eigenvalue weighted by Crippen LogP contribution is 2.21. The smallest absolute Gasteiger partial charge is 0.338 e. The molecule has 0 spiro atoms. The Balaban J connectivity index is 1.70. The van der Waals surface area contributed by atoms with Crippen LogP contribution in [0.3, 0.4) is 0 Å². The zero-order valence-corrected chi connectivity index (χ0v) is 17.2. The first-order valence-corrected chi connectivity index (χ1v) is 9.44. The standard InChI is InChI=1S/C21H20N4O6/c1-4-24-18-8-5-14(10-17(18)22-13(3)20(24)27)21(28)31-11-19(26)23-16-7-6-15(25(29)30)9-12(16)2/h5-10H,4,11H2,1-3H3,(H,23,26). The molecule has 0 unspecified atom stereocenters. The van der Waals surface area contributed by atoms with Gasteiger partial charge in [0.2, 0.25) is 0 Å². The van der Waals surface area contributed by atoms with E-state index < -0.39 is 23.4 Å². The SMILES string of the molecule is CCn1c(=O)c(C)nc2cc(C(=O)OCC(=O)Nc3ccc([N+](=O)[O-])cc3C)ccc21. The lowest BCUT2D eigenvalue weighted by atomic mass is 10.2. The van der Waals surface area contributed by atoms with E-state index in [0.717, 1.165) is 0 Å². The van der Waals surface area contributed by atoms with Crippen molar-refractivity contribution in [1.82, 2.24) is 9.55 Å². The summed E-state index contributed by atoms with van der Waals surface area (Å²) in [4.78, 5) is 51.2. The van der Waals surface area contributed by atoms with Gasteiger partial charge in [0.05, 0.1) is 21.5 Å². The highest BCUT2D eigenvalue weighted by molar-refractivity contribution is 5.97. The number of esters is 1. The molecule has 0 aliphatic rings. The number of non-ortho nitro benzene ring substituents is 1. The molecule has 1 amide bonds. The number of aryl methyl sites for hydroxylation is 3. The summed E-state index contributed by atoms with van der Waals surface area (Å²) in [6.07, 6.45) is 0. The number of amides is 1. The van der Waals surface area contributed by atoms with Gasteiger partial charge in [-0.3, -0.25) is 19.7 Å². The normalized spacial score (nSPS) is 10.7. The van der Waals surface area contributed by atoms with E-state index >= 15 is 0 Å². The Labute approximate surface area is 176 Å². The molecule has 160 valence electrons. The van der Waals surface area contributed by atoms with E-state index in [4.69, 9.17) is 4.74 Å². The molecule has 0 aliphatic heterocycles. The molecule has 31 heavy (non-hydrogen) atoms. The van der Waals surface area contributed by atoms with Crippen molar-refractivity contribution in [1.29, 1.82) is 0 Å². The van der Waals surface area contributed by atoms with Gasteiger partial charge in [0.15, 0.2) is 6.61 Å². The van der Waals surface area contributed by atoms with Crippen LogP contribution in [-0.4, -0.2) is 33.0 Å². The van der Waals surface area contributed by atoms with Crippen LogP contribution >= 0.6 is 0 Å². The minimum Gasteiger partial charge on any atom is -0.452 e. The van der Waals surface area contributed by atoms with Crippen molar-refractivity contribution in [2.24, 2.45) is 0 Å². The fourth-order valence-electron chi connectivity index (χ4n) is 3.12. The van der Waals surface area contributed by atoms with Crippen LogP contribution in [0, 0.1) is 24.0 Å². The Kier molecular flexibility index (Phi) is 6.10. The molecule has 3 rings (SSSR count). The van der Waals surface area contributed by atoms with Crippen LogP contribution in [0.15, 0.2) is 41.2 Å². The molecule has 0 atom stereocenters. The van der Waals surface area contributed by atoms with Crippen molar-refractivity contribution < 1.29 is 19.2 Å². The summed E-state index contributed by atoms with van der Waals surface area (Å²) < 4.78 is 6.63. The molecule has 0 aliphatic carbocycles. The number of anilines is 1. The van der Waals surface area contributed by atoms with E-state index in [2.05, 4.69) is 10.3 Å². The summed E-state index contributed by atoms with van der Waals surface area (Å²) in [6, 6.07) is 8.65. The van der Waals surface area contributed by atoms with Crippen LogP contribution in [0.4, 0.5) is 11.4 Å². The summed E-state index contributed by atoms with van der Waals surface area (Å²) in [5.74, 6) is -1.30. The number of rotatable bonds is 6. The van der Waals surface area contributed by atoms with Crippen molar-refractivity contribution in [2.75, 3.05) is 11.9 Å². The van der Waals surface area contributed by atoms with E-state index in [0.29, 0.717) is 34.5 Å². The van der Waals surface area contributed by atoms with E-state index in [1.165, 1.54) is 30.3 Å². The molecule has 10 nitrogen and oxygen atoms in total. The fourth-order valence-corrected chi connectivity index (χ4v) is 3.12. The third-order valence-electron chi connectivity index (χ3n) is 4.69. The number of nitrogens with zero attached hydrogens (tertiary/aromatic N) is 3. The number of carbonyl (C=O) groups is 2. The van der Waals surface area contributed by atoms with Crippen molar-refractivity contribution in [3.05, 3.63) is 73.7 Å². The number of carbonyl (C=O) groups excluding carboxylic acids is 2. The van der Waals surface area contributed by atoms with Crippen molar-refractivity contribution in [3.8, 4) is 0 Å². The third-order valence-corrected chi connectivity index (χ3v) is 4.69. The molecule has 0 saturated carbocycles. The second kappa shape index (κ2) is 8.74. The molecule has 0 bridgehead atoms. The van der Waals surface area contributed by atoms with Gasteiger partial charge in [-0.2, -0.15) is 0 Å². The van der Waals surface area contributed by atoms with E-state index in [1.54, 1.807) is 24.5 Å². The van der Waals surface area contributed by atoms with Gasteiger partial charge in [-0.15, -0.1) is 0 Å².